The molecule has 1 heterocycles. The van der Waals surface area contributed by atoms with E-state index in [0.717, 1.165) is 17.5 Å². The van der Waals surface area contributed by atoms with Gasteiger partial charge in [-0.3, -0.25) is 9.59 Å². The highest BCUT2D eigenvalue weighted by atomic mass is 16.4. The van der Waals surface area contributed by atoms with Crippen molar-refractivity contribution in [2.75, 3.05) is 0 Å². The molecule has 1 rings (SSSR count). The molecule has 7 heteroatoms. The lowest BCUT2D eigenvalue weighted by Crippen LogP contribution is -2.32. The fourth-order valence-corrected chi connectivity index (χ4v) is 1.42. The second-order valence-electron chi connectivity index (χ2n) is 3.86. The molecule has 1 unspecified atom stereocenters. The molecule has 0 aliphatic heterocycles. The summed E-state index contributed by atoms with van der Waals surface area (Å²) in [6.07, 6.45) is 3.18. The van der Waals surface area contributed by atoms with Crippen LogP contribution in [0.4, 0.5) is 0 Å². The highest BCUT2D eigenvalue weighted by Crippen LogP contribution is 1.98. The van der Waals surface area contributed by atoms with Crippen LogP contribution in [0.15, 0.2) is 6.20 Å². The monoisotopic (exact) mass is 240 g/mol. The SMILES string of the molecule is CCCC(C)NC(=O)c1cn(CC(=O)O)nn1. The fraction of sp³-hybridized carbons (Fsp3) is 0.600. The van der Waals surface area contributed by atoms with Crippen molar-refractivity contribution in [1.82, 2.24) is 20.3 Å². The van der Waals surface area contributed by atoms with Crippen LogP contribution in [0.2, 0.25) is 0 Å². The Bertz CT molecular complexity index is 402. The Labute approximate surface area is 98.8 Å². The molecule has 0 fully saturated rings. The van der Waals surface area contributed by atoms with Gasteiger partial charge in [-0.1, -0.05) is 18.6 Å². The number of nitrogens with zero attached hydrogens (tertiary/aromatic N) is 3. The van der Waals surface area contributed by atoms with E-state index in [1.54, 1.807) is 0 Å². The van der Waals surface area contributed by atoms with E-state index >= 15 is 0 Å². The molecule has 7 nitrogen and oxygen atoms in total. The van der Waals surface area contributed by atoms with Gasteiger partial charge >= 0.3 is 5.97 Å². The number of nitrogens with one attached hydrogen (secondary N) is 1. The average Bonchev–Trinajstić information content (AvgIpc) is 2.65. The number of carboxylic acid groups (broad SMARTS) is 1. The number of hydrogen-bond donors (Lipinski definition) is 2. The van der Waals surface area contributed by atoms with E-state index in [1.165, 1.54) is 6.20 Å². The summed E-state index contributed by atoms with van der Waals surface area (Å²) in [5, 5.41) is 18.5. The lowest BCUT2D eigenvalue weighted by molar-refractivity contribution is -0.137. The van der Waals surface area contributed by atoms with Crippen molar-refractivity contribution >= 4 is 11.9 Å². The van der Waals surface area contributed by atoms with E-state index < -0.39 is 5.97 Å². The van der Waals surface area contributed by atoms with Gasteiger partial charge in [0.15, 0.2) is 5.69 Å². The highest BCUT2D eigenvalue weighted by Gasteiger charge is 2.13. The summed E-state index contributed by atoms with van der Waals surface area (Å²) in [7, 11) is 0. The molecule has 1 amide bonds. The Morgan fingerprint density at radius 2 is 2.29 bits per heavy atom. The maximum atomic E-state index is 11.7. The first-order valence-electron chi connectivity index (χ1n) is 5.45. The minimum absolute atomic E-state index is 0.0668. The third-order valence-corrected chi connectivity index (χ3v) is 2.17. The Kier molecular flexibility index (Phi) is 4.62. The molecule has 1 atom stereocenters. The smallest absolute Gasteiger partial charge is 0.325 e. The Hall–Kier alpha value is -1.92. The molecule has 0 aliphatic rings. The summed E-state index contributed by atoms with van der Waals surface area (Å²) in [5.74, 6) is -1.36. The van der Waals surface area contributed by atoms with E-state index in [9.17, 15) is 9.59 Å². The molecular weight excluding hydrogens is 224 g/mol. The van der Waals surface area contributed by atoms with Gasteiger partial charge in [0.2, 0.25) is 0 Å². The van der Waals surface area contributed by atoms with Gasteiger partial charge in [0.05, 0.1) is 6.20 Å². The Morgan fingerprint density at radius 1 is 1.59 bits per heavy atom. The van der Waals surface area contributed by atoms with Gasteiger partial charge in [0, 0.05) is 6.04 Å². The van der Waals surface area contributed by atoms with Crippen LogP contribution in [0.25, 0.3) is 0 Å². The van der Waals surface area contributed by atoms with Gasteiger partial charge < -0.3 is 10.4 Å². The van der Waals surface area contributed by atoms with Gasteiger partial charge in [0.1, 0.15) is 6.54 Å². The van der Waals surface area contributed by atoms with Crippen LogP contribution in [0.5, 0.6) is 0 Å². The average molecular weight is 240 g/mol. The molecule has 0 aliphatic carbocycles. The topological polar surface area (TPSA) is 97.1 Å². The fourth-order valence-electron chi connectivity index (χ4n) is 1.42. The summed E-state index contributed by atoms with van der Waals surface area (Å²) in [4.78, 5) is 22.1. The van der Waals surface area contributed by atoms with Crippen molar-refractivity contribution in [3.63, 3.8) is 0 Å². The third kappa shape index (κ3) is 4.21. The molecule has 94 valence electrons. The molecular formula is C10H16N4O3. The molecule has 0 radical (unpaired) electrons. The predicted octanol–water partition coefficient (Wildman–Crippen LogP) is 0.281. The number of aromatic nitrogens is 3. The first kappa shape index (κ1) is 13.1. The van der Waals surface area contributed by atoms with Crippen LogP contribution in [-0.4, -0.2) is 38.0 Å². The van der Waals surface area contributed by atoms with Gasteiger partial charge in [0.25, 0.3) is 5.91 Å². The lowest BCUT2D eigenvalue weighted by Gasteiger charge is -2.10. The summed E-state index contributed by atoms with van der Waals surface area (Å²) in [6.45, 7) is 3.64. The van der Waals surface area contributed by atoms with Gasteiger partial charge in [-0.15, -0.1) is 5.10 Å². The first-order valence-corrected chi connectivity index (χ1v) is 5.45. The summed E-state index contributed by atoms with van der Waals surface area (Å²) < 4.78 is 1.11. The van der Waals surface area contributed by atoms with Crippen molar-refractivity contribution in [2.45, 2.75) is 39.3 Å². The van der Waals surface area contributed by atoms with Crippen molar-refractivity contribution in [1.29, 1.82) is 0 Å². The zero-order valence-electron chi connectivity index (χ0n) is 9.88. The number of carbonyl (C=O) groups excluding carboxylic acids is 1. The molecule has 0 spiro atoms. The minimum atomic E-state index is -1.03. The van der Waals surface area contributed by atoms with Gasteiger partial charge in [-0.2, -0.15) is 0 Å². The molecule has 17 heavy (non-hydrogen) atoms. The Balaban J connectivity index is 2.57. The first-order chi connectivity index (χ1) is 8.02. The quantitative estimate of drug-likeness (QED) is 0.744. The number of rotatable bonds is 6. The predicted molar refractivity (Wildman–Crippen MR) is 59.5 cm³/mol. The summed E-state index contributed by atoms with van der Waals surface area (Å²) in [5.41, 5.74) is 0.134. The van der Waals surface area contributed by atoms with E-state index in [1.807, 2.05) is 13.8 Å². The molecule has 1 aromatic heterocycles. The van der Waals surface area contributed by atoms with E-state index in [4.69, 9.17) is 5.11 Å². The zero-order valence-corrected chi connectivity index (χ0v) is 9.88. The van der Waals surface area contributed by atoms with Crippen molar-refractivity contribution < 1.29 is 14.7 Å². The van der Waals surface area contributed by atoms with E-state index in [-0.39, 0.29) is 24.2 Å². The summed E-state index contributed by atoms with van der Waals surface area (Å²) in [6, 6.07) is 0.0668. The molecule has 0 saturated heterocycles. The summed E-state index contributed by atoms with van der Waals surface area (Å²) >= 11 is 0. The third-order valence-electron chi connectivity index (χ3n) is 2.17. The number of hydrogen-bond acceptors (Lipinski definition) is 4. The normalized spacial score (nSPS) is 12.1. The molecule has 2 N–H and O–H groups in total. The van der Waals surface area contributed by atoms with Crippen LogP contribution < -0.4 is 5.32 Å². The van der Waals surface area contributed by atoms with Gasteiger partial charge in [-0.05, 0) is 13.3 Å². The number of aliphatic carboxylic acids is 1. The number of carbonyl (C=O) groups is 2. The van der Waals surface area contributed by atoms with Crippen LogP contribution in [0.3, 0.4) is 0 Å². The van der Waals surface area contributed by atoms with Crippen LogP contribution in [0.1, 0.15) is 37.2 Å². The van der Waals surface area contributed by atoms with Crippen molar-refractivity contribution in [3.8, 4) is 0 Å². The largest absolute Gasteiger partial charge is 0.480 e. The molecule has 1 aromatic rings. The molecule has 0 bridgehead atoms. The number of amides is 1. The minimum Gasteiger partial charge on any atom is -0.480 e. The standard InChI is InChI=1S/C10H16N4O3/c1-3-4-7(2)11-10(17)8-5-14(13-12-8)6-9(15)16/h5,7H,3-4,6H2,1-2H3,(H,11,17)(H,15,16). The van der Waals surface area contributed by atoms with E-state index in [0.29, 0.717) is 0 Å². The van der Waals surface area contributed by atoms with E-state index in [2.05, 4.69) is 15.6 Å². The second-order valence-corrected chi connectivity index (χ2v) is 3.86. The molecule has 0 aromatic carbocycles. The zero-order chi connectivity index (χ0) is 12.8. The molecule has 0 saturated carbocycles. The van der Waals surface area contributed by atoms with Crippen LogP contribution in [-0.2, 0) is 11.3 Å². The number of carboxylic acids is 1. The van der Waals surface area contributed by atoms with Gasteiger partial charge in [-0.25, -0.2) is 4.68 Å². The van der Waals surface area contributed by atoms with Crippen molar-refractivity contribution in [3.05, 3.63) is 11.9 Å². The lowest BCUT2D eigenvalue weighted by atomic mass is 10.2. The maximum Gasteiger partial charge on any atom is 0.325 e. The van der Waals surface area contributed by atoms with Crippen LogP contribution in [0, 0.1) is 0 Å². The van der Waals surface area contributed by atoms with Crippen molar-refractivity contribution in [2.24, 2.45) is 0 Å². The second kappa shape index (κ2) is 5.97. The maximum absolute atomic E-state index is 11.7. The Morgan fingerprint density at radius 3 is 2.88 bits per heavy atom. The van der Waals surface area contributed by atoms with Crippen LogP contribution >= 0.6 is 0 Å². The highest BCUT2D eigenvalue weighted by molar-refractivity contribution is 5.92.